The maximum Gasteiger partial charge on any atom is 0.0705 e. The number of hydrogen-bond acceptors (Lipinski definition) is 1. The monoisotopic (exact) mass is 250 g/mol. The Hall–Kier alpha value is -2.09. The van der Waals surface area contributed by atoms with E-state index in [9.17, 15) is 0 Å². The molecule has 2 heteroatoms. The van der Waals surface area contributed by atoms with E-state index in [1.165, 1.54) is 27.8 Å². The fourth-order valence-electron chi connectivity index (χ4n) is 2.57. The highest BCUT2D eigenvalue weighted by molar-refractivity contribution is 5.81. The van der Waals surface area contributed by atoms with Crippen LogP contribution in [0.2, 0.25) is 0 Å². The van der Waals surface area contributed by atoms with Crippen LogP contribution in [0.5, 0.6) is 0 Å². The van der Waals surface area contributed by atoms with Crippen LogP contribution in [-0.2, 0) is 6.54 Å². The molecule has 0 unspecified atom stereocenters. The topological polar surface area (TPSA) is 17.8 Å². The van der Waals surface area contributed by atoms with E-state index >= 15 is 0 Å². The van der Waals surface area contributed by atoms with Crippen LogP contribution in [0.15, 0.2) is 42.7 Å². The first-order valence-corrected chi connectivity index (χ1v) is 6.62. The van der Waals surface area contributed by atoms with Crippen molar-refractivity contribution in [2.24, 2.45) is 0 Å². The van der Waals surface area contributed by atoms with E-state index in [-0.39, 0.29) is 0 Å². The Bertz CT molecular complexity index is 733. The molecule has 0 saturated carbocycles. The molecule has 96 valence electrons. The molecule has 0 aliphatic carbocycles. The summed E-state index contributed by atoms with van der Waals surface area (Å²) < 4.78 is 2.33. The summed E-state index contributed by atoms with van der Waals surface area (Å²) >= 11 is 0. The fourth-order valence-corrected chi connectivity index (χ4v) is 2.57. The predicted octanol–water partition coefficient (Wildman–Crippen LogP) is 4.01. The van der Waals surface area contributed by atoms with Crippen molar-refractivity contribution in [3.63, 3.8) is 0 Å². The highest BCUT2D eigenvalue weighted by Gasteiger charge is 2.07. The summed E-state index contributed by atoms with van der Waals surface area (Å²) in [4.78, 5) is 4.42. The summed E-state index contributed by atoms with van der Waals surface area (Å²) in [6.07, 6.45) is 4.14. The number of pyridine rings is 1. The Balaban J connectivity index is 2.08. The van der Waals surface area contributed by atoms with Crippen molar-refractivity contribution in [1.82, 2.24) is 9.55 Å². The minimum atomic E-state index is 0.906. The molecule has 0 fully saturated rings. The minimum Gasteiger partial charge on any atom is -0.347 e. The third kappa shape index (κ3) is 2.03. The van der Waals surface area contributed by atoms with E-state index in [1.807, 2.05) is 12.3 Å². The van der Waals surface area contributed by atoms with Gasteiger partial charge in [0.15, 0.2) is 0 Å². The smallest absolute Gasteiger partial charge is 0.0705 e. The van der Waals surface area contributed by atoms with Crippen molar-refractivity contribution in [2.45, 2.75) is 27.3 Å². The van der Waals surface area contributed by atoms with Gasteiger partial charge in [0, 0.05) is 30.0 Å². The fraction of sp³-hybridized carbons (Fsp3) is 0.235. The quantitative estimate of drug-likeness (QED) is 0.672. The number of benzene rings is 1. The average molecular weight is 250 g/mol. The number of aromatic nitrogens is 2. The van der Waals surface area contributed by atoms with Crippen molar-refractivity contribution >= 4 is 10.9 Å². The Morgan fingerprint density at radius 2 is 1.84 bits per heavy atom. The van der Waals surface area contributed by atoms with E-state index in [0.29, 0.717) is 0 Å². The van der Waals surface area contributed by atoms with Crippen LogP contribution < -0.4 is 0 Å². The molecule has 0 spiro atoms. The molecular formula is C17H18N2. The largest absolute Gasteiger partial charge is 0.347 e. The Morgan fingerprint density at radius 1 is 1.05 bits per heavy atom. The summed E-state index contributed by atoms with van der Waals surface area (Å²) in [6.45, 7) is 7.45. The summed E-state index contributed by atoms with van der Waals surface area (Å²) in [7, 11) is 0. The van der Waals surface area contributed by atoms with E-state index in [4.69, 9.17) is 0 Å². The molecule has 0 atom stereocenters. The van der Waals surface area contributed by atoms with Crippen LogP contribution >= 0.6 is 0 Å². The highest BCUT2D eigenvalue weighted by Crippen LogP contribution is 2.20. The summed E-state index contributed by atoms with van der Waals surface area (Å²) in [6, 6.07) is 10.4. The molecule has 0 aliphatic rings. The number of para-hydroxylation sites is 1. The first-order chi connectivity index (χ1) is 9.16. The van der Waals surface area contributed by atoms with E-state index in [0.717, 1.165) is 12.1 Å². The Morgan fingerprint density at radius 3 is 2.58 bits per heavy atom. The average Bonchev–Trinajstić information content (AvgIpc) is 2.67. The molecule has 19 heavy (non-hydrogen) atoms. The lowest BCUT2D eigenvalue weighted by Crippen LogP contribution is -2.01. The maximum absolute atomic E-state index is 4.42. The number of rotatable bonds is 2. The van der Waals surface area contributed by atoms with Gasteiger partial charge in [0.25, 0.3) is 0 Å². The zero-order valence-corrected chi connectivity index (χ0v) is 11.6. The van der Waals surface area contributed by atoms with Gasteiger partial charge in [-0.25, -0.2) is 0 Å². The maximum atomic E-state index is 4.42. The molecular weight excluding hydrogens is 232 g/mol. The summed E-state index contributed by atoms with van der Waals surface area (Å²) in [5.41, 5.74) is 6.48. The van der Waals surface area contributed by atoms with Crippen molar-refractivity contribution in [2.75, 3.05) is 0 Å². The predicted molar refractivity (Wildman–Crippen MR) is 79.5 cm³/mol. The second kappa shape index (κ2) is 4.54. The van der Waals surface area contributed by atoms with Crippen molar-refractivity contribution in [3.05, 3.63) is 65.1 Å². The summed E-state index contributed by atoms with van der Waals surface area (Å²) in [5.74, 6) is 0. The second-order valence-corrected chi connectivity index (χ2v) is 5.14. The lowest BCUT2D eigenvalue weighted by Gasteiger charge is -2.09. The Labute approximate surface area is 113 Å². The molecule has 0 aliphatic heterocycles. The van der Waals surface area contributed by atoms with Gasteiger partial charge in [0.1, 0.15) is 0 Å². The molecule has 0 N–H and O–H groups in total. The van der Waals surface area contributed by atoms with Crippen LogP contribution in [0.4, 0.5) is 0 Å². The molecule has 2 heterocycles. The molecule has 3 aromatic rings. The number of fused-ring (bicyclic) bond motifs is 1. The third-order valence-corrected chi connectivity index (χ3v) is 3.99. The van der Waals surface area contributed by atoms with E-state index in [2.05, 4.69) is 60.8 Å². The van der Waals surface area contributed by atoms with Gasteiger partial charge in [-0.05, 0) is 49.6 Å². The Kier molecular flexibility index (Phi) is 2.86. The van der Waals surface area contributed by atoms with Gasteiger partial charge in [0.2, 0.25) is 0 Å². The molecule has 1 aromatic carbocycles. The van der Waals surface area contributed by atoms with Gasteiger partial charge in [-0.15, -0.1) is 0 Å². The number of nitrogens with zero attached hydrogens (tertiary/aromatic N) is 2. The molecule has 3 rings (SSSR count). The van der Waals surface area contributed by atoms with Crippen LogP contribution in [0.3, 0.4) is 0 Å². The van der Waals surface area contributed by atoms with Crippen molar-refractivity contribution in [1.29, 1.82) is 0 Å². The highest BCUT2D eigenvalue weighted by atomic mass is 15.0. The van der Waals surface area contributed by atoms with Gasteiger partial charge >= 0.3 is 0 Å². The lowest BCUT2D eigenvalue weighted by molar-refractivity contribution is 0.776. The third-order valence-electron chi connectivity index (χ3n) is 3.99. The van der Waals surface area contributed by atoms with E-state index in [1.54, 1.807) is 0 Å². The van der Waals surface area contributed by atoms with Crippen LogP contribution in [0.1, 0.15) is 22.4 Å². The second-order valence-electron chi connectivity index (χ2n) is 5.14. The zero-order valence-electron chi connectivity index (χ0n) is 11.6. The van der Waals surface area contributed by atoms with Gasteiger partial charge in [-0.3, -0.25) is 4.98 Å². The van der Waals surface area contributed by atoms with Gasteiger partial charge in [-0.1, -0.05) is 18.2 Å². The minimum absolute atomic E-state index is 0.906. The lowest BCUT2D eigenvalue weighted by atomic mass is 10.1. The molecule has 2 nitrogen and oxygen atoms in total. The van der Waals surface area contributed by atoms with Gasteiger partial charge in [-0.2, -0.15) is 0 Å². The molecule has 2 aromatic heterocycles. The summed E-state index contributed by atoms with van der Waals surface area (Å²) in [5, 5.41) is 1.24. The SMILES string of the molecule is Cc1cn(Cc2ccnc3ccccc23)c(C)c1C. The molecule has 0 radical (unpaired) electrons. The molecule has 0 saturated heterocycles. The standard InChI is InChI=1S/C17H18N2/c1-12-10-19(14(3)13(12)2)11-15-8-9-18-17-7-5-4-6-16(15)17/h4-10H,11H2,1-3H3. The van der Waals surface area contributed by atoms with Gasteiger partial charge < -0.3 is 4.57 Å². The van der Waals surface area contributed by atoms with Crippen LogP contribution in [0.25, 0.3) is 10.9 Å². The molecule has 0 bridgehead atoms. The van der Waals surface area contributed by atoms with Crippen LogP contribution in [-0.4, -0.2) is 9.55 Å². The molecule has 0 amide bonds. The van der Waals surface area contributed by atoms with Crippen molar-refractivity contribution in [3.8, 4) is 0 Å². The van der Waals surface area contributed by atoms with E-state index < -0.39 is 0 Å². The zero-order chi connectivity index (χ0) is 13.4. The number of aryl methyl sites for hydroxylation is 1. The number of hydrogen-bond donors (Lipinski definition) is 0. The van der Waals surface area contributed by atoms with Crippen molar-refractivity contribution < 1.29 is 0 Å². The van der Waals surface area contributed by atoms with Gasteiger partial charge in [0.05, 0.1) is 5.52 Å². The van der Waals surface area contributed by atoms with Crippen LogP contribution in [0, 0.1) is 20.8 Å². The first-order valence-electron chi connectivity index (χ1n) is 6.62. The normalized spacial score (nSPS) is 11.1. The first kappa shape index (κ1) is 12.0.